The number of unbranched alkanes of at least 4 members (excludes halogenated alkanes) is 1. The van der Waals surface area contributed by atoms with Gasteiger partial charge in [0.05, 0.1) is 0 Å². The molecule has 1 aliphatic heterocycles. The summed E-state index contributed by atoms with van der Waals surface area (Å²) in [5, 5.41) is 3.43. The second-order valence-electron chi connectivity index (χ2n) is 4.10. The Morgan fingerprint density at radius 3 is 3.06 bits per heavy atom. The Kier molecular flexibility index (Phi) is 3.89. The molecular formula is C14H17NO2. The van der Waals surface area contributed by atoms with Crippen LogP contribution in [0.25, 0.3) is 0 Å². The van der Waals surface area contributed by atoms with E-state index in [1.165, 1.54) is 5.56 Å². The second kappa shape index (κ2) is 5.60. The van der Waals surface area contributed by atoms with Gasteiger partial charge in [0.25, 0.3) is 0 Å². The van der Waals surface area contributed by atoms with Gasteiger partial charge in [-0.3, -0.25) is 0 Å². The Hall–Kier alpha value is -1.66. The van der Waals surface area contributed by atoms with Crippen LogP contribution in [0.2, 0.25) is 0 Å². The van der Waals surface area contributed by atoms with Gasteiger partial charge in [-0.1, -0.05) is 6.07 Å². The molecule has 3 heteroatoms. The second-order valence-corrected chi connectivity index (χ2v) is 4.10. The molecule has 1 atom stereocenters. The first-order chi connectivity index (χ1) is 8.31. The number of hydrogen-bond donors (Lipinski definition) is 1. The van der Waals surface area contributed by atoms with Crippen LogP contribution >= 0.6 is 0 Å². The van der Waals surface area contributed by atoms with Gasteiger partial charge in [-0.15, -0.1) is 12.3 Å². The summed E-state index contributed by atoms with van der Waals surface area (Å²) in [6.07, 6.45) is 7.04. The highest BCUT2D eigenvalue weighted by molar-refractivity contribution is 5.45. The summed E-state index contributed by atoms with van der Waals surface area (Å²) >= 11 is 0. The summed E-state index contributed by atoms with van der Waals surface area (Å²) in [6, 6.07) is 6.34. The van der Waals surface area contributed by atoms with Gasteiger partial charge in [-0.25, -0.2) is 0 Å². The lowest BCUT2D eigenvalue weighted by atomic mass is 10.1. The van der Waals surface area contributed by atoms with E-state index in [4.69, 9.17) is 15.9 Å². The van der Waals surface area contributed by atoms with E-state index >= 15 is 0 Å². The van der Waals surface area contributed by atoms with E-state index in [2.05, 4.69) is 24.2 Å². The molecule has 1 heterocycles. The van der Waals surface area contributed by atoms with Gasteiger partial charge in [0.1, 0.15) is 0 Å². The van der Waals surface area contributed by atoms with Crippen molar-refractivity contribution in [1.29, 1.82) is 0 Å². The molecule has 0 radical (unpaired) electrons. The van der Waals surface area contributed by atoms with E-state index in [9.17, 15) is 0 Å². The highest BCUT2D eigenvalue weighted by Gasteiger charge is 2.15. The maximum absolute atomic E-state index is 5.36. The quantitative estimate of drug-likeness (QED) is 0.624. The van der Waals surface area contributed by atoms with Crippen molar-refractivity contribution in [2.45, 2.75) is 25.8 Å². The number of nitrogens with one attached hydrogen (secondary N) is 1. The van der Waals surface area contributed by atoms with Crippen molar-refractivity contribution >= 4 is 0 Å². The third kappa shape index (κ3) is 2.92. The van der Waals surface area contributed by atoms with Crippen molar-refractivity contribution < 1.29 is 9.47 Å². The molecule has 1 aromatic carbocycles. The lowest BCUT2D eigenvalue weighted by Crippen LogP contribution is -2.19. The molecule has 0 spiro atoms. The number of rotatable bonds is 5. The van der Waals surface area contributed by atoms with Crippen LogP contribution < -0.4 is 14.8 Å². The normalized spacial score (nSPS) is 14.4. The Balaban J connectivity index is 1.91. The molecule has 1 N–H and O–H groups in total. The molecular weight excluding hydrogens is 214 g/mol. The molecule has 0 saturated heterocycles. The van der Waals surface area contributed by atoms with Crippen LogP contribution in [0, 0.1) is 12.3 Å². The predicted molar refractivity (Wildman–Crippen MR) is 67.0 cm³/mol. The van der Waals surface area contributed by atoms with Crippen molar-refractivity contribution in [3.63, 3.8) is 0 Å². The van der Waals surface area contributed by atoms with Gasteiger partial charge in [0.15, 0.2) is 11.5 Å². The smallest absolute Gasteiger partial charge is 0.231 e. The van der Waals surface area contributed by atoms with Crippen LogP contribution in [-0.2, 0) is 0 Å². The Labute approximate surface area is 102 Å². The minimum Gasteiger partial charge on any atom is -0.454 e. The zero-order chi connectivity index (χ0) is 12.1. The van der Waals surface area contributed by atoms with Crippen LogP contribution in [0.4, 0.5) is 0 Å². The van der Waals surface area contributed by atoms with Crippen LogP contribution in [0.1, 0.15) is 31.4 Å². The molecule has 1 aliphatic rings. The first kappa shape index (κ1) is 11.8. The molecule has 1 aromatic rings. The lowest BCUT2D eigenvalue weighted by Gasteiger charge is -2.14. The van der Waals surface area contributed by atoms with Crippen LogP contribution in [-0.4, -0.2) is 13.3 Å². The van der Waals surface area contributed by atoms with E-state index in [0.29, 0.717) is 12.8 Å². The maximum Gasteiger partial charge on any atom is 0.231 e. The summed E-state index contributed by atoms with van der Waals surface area (Å²) in [4.78, 5) is 0. The van der Waals surface area contributed by atoms with Gasteiger partial charge < -0.3 is 14.8 Å². The minimum atomic E-state index is 0.294. The van der Waals surface area contributed by atoms with Crippen molar-refractivity contribution in [1.82, 2.24) is 5.32 Å². The first-order valence-electron chi connectivity index (χ1n) is 5.87. The number of ether oxygens (including phenoxy) is 2. The summed E-state index contributed by atoms with van der Waals surface area (Å²) in [5.41, 5.74) is 1.20. The van der Waals surface area contributed by atoms with E-state index in [-0.39, 0.29) is 0 Å². The van der Waals surface area contributed by atoms with Crippen molar-refractivity contribution in [3.05, 3.63) is 23.8 Å². The van der Waals surface area contributed by atoms with E-state index in [0.717, 1.165) is 30.9 Å². The third-order valence-corrected chi connectivity index (χ3v) is 2.85. The fraction of sp³-hybridized carbons (Fsp3) is 0.429. The molecule has 0 amide bonds. The van der Waals surface area contributed by atoms with Crippen molar-refractivity contribution in [2.24, 2.45) is 0 Å². The highest BCUT2D eigenvalue weighted by atomic mass is 16.7. The number of hydrogen-bond acceptors (Lipinski definition) is 3. The molecule has 0 fully saturated rings. The van der Waals surface area contributed by atoms with Crippen LogP contribution in [0.3, 0.4) is 0 Å². The summed E-state index contributed by atoms with van der Waals surface area (Å²) in [5.74, 6) is 4.30. The summed E-state index contributed by atoms with van der Waals surface area (Å²) in [7, 11) is 0. The van der Waals surface area contributed by atoms with E-state index < -0.39 is 0 Å². The standard InChI is InChI=1S/C14H17NO2/c1-3-4-5-8-15-11(2)12-6-7-13-14(9-12)17-10-16-13/h1,6-7,9,11,15H,4-5,8,10H2,2H3. The molecule has 1 unspecified atom stereocenters. The van der Waals surface area contributed by atoms with E-state index in [1.807, 2.05) is 12.1 Å². The maximum atomic E-state index is 5.36. The SMILES string of the molecule is C#CCCCNC(C)c1ccc2c(c1)OCO2. The van der Waals surface area contributed by atoms with Gasteiger partial charge in [0, 0.05) is 12.5 Å². The first-order valence-corrected chi connectivity index (χ1v) is 5.87. The molecule has 17 heavy (non-hydrogen) atoms. The summed E-state index contributed by atoms with van der Waals surface area (Å²) in [6.45, 7) is 3.38. The average molecular weight is 231 g/mol. The fourth-order valence-electron chi connectivity index (χ4n) is 1.81. The molecule has 0 bridgehead atoms. The largest absolute Gasteiger partial charge is 0.454 e. The molecule has 3 nitrogen and oxygen atoms in total. The van der Waals surface area contributed by atoms with Crippen LogP contribution in [0.15, 0.2) is 18.2 Å². The molecule has 0 aromatic heterocycles. The molecule has 0 saturated carbocycles. The number of fused-ring (bicyclic) bond motifs is 1. The average Bonchev–Trinajstić information content (AvgIpc) is 2.81. The Morgan fingerprint density at radius 2 is 2.24 bits per heavy atom. The van der Waals surface area contributed by atoms with Gasteiger partial charge in [-0.05, 0) is 37.6 Å². The predicted octanol–water partition coefficient (Wildman–Crippen LogP) is 2.48. The minimum absolute atomic E-state index is 0.294. The Morgan fingerprint density at radius 1 is 1.41 bits per heavy atom. The molecule has 2 rings (SSSR count). The van der Waals surface area contributed by atoms with Crippen LogP contribution in [0.5, 0.6) is 11.5 Å². The van der Waals surface area contributed by atoms with Crippen molar-refractivity contribution in [3.8, 4) is 23.8 Å². The number of benzene rings is 1. The topological polar surface area (TPSA) is 30.5 Å². The Bertz CT molecular complexity index is 423. The zero-order valence-electron chi connectivity index (χ0n) is 10.0. The number of terminal acetylenes is 1. The van der Waals surface area contributed by atoms with Gasteiger partial charge in [0.2, 0.25) is 6.79 Å². The molecule has 90 valence electrons. The summed E-state index contributed by atoms with van der Waals surface area (Å²) < 4.78 is 10.6. The van der Waals surface area contributed by atoms with E-state index in [1.54, 1.807) is 0 Å². The van der Waals surface area contributed by atoms with Gasteiger partial charge >= 0.3 is 0 Å². The van der Waals surface area contributed by atoms with Gasteiger partial charge in [-0.2, -0.15) is 0 Å². The van der Waals surface area contributed by atoms with Crippen molar-refractivity contribution in [2.75, 3.05) is 13.3 Å². The zero-order valence-corrected chi connectivity index (χ0v) is 10.0. The third-order valence-electron chi connectivity index (χ3n) is 2.85. The monoisotopic (exact) mass is 231 g/mol. The lowest BCUT2D eigenvalue weighted by molar-refractivity contribution is 0.174. The fourth-order valence-corrected chi connectivity index (χ4v) is 1.81. The molecule has 0 aliphatic carbocycles. The highest BCUT2D eigenvalue weighted by Crippen LogP contribution is 2.34.